The van der Waals surface area contributed by atoms with Gasteiger partial charge in [0.15, 0.2) is 11.5 Å². The lowest BCUT2D eigenvalue weighted by Gasteiger charge is -2.15. The van der Waals surface area contributed by atoms with E-state index in [1.54, 1.807) is 0 Å². The number of carbonyl (C=O) groups is 1. The van der Waals surface area contributed by atoms with Crippen molar-refractivity contribution in [2.45, 2.75) is 13.5 Å². The van der Waals surface area contributed by atoms with Crippen molar-refractivity contribution in [1.82, 2.24) is 0 Å². The predicted octanol–water partition coefficient (Wildman–Crippen LogP) is 7.76. The Morgan fingerprint density at radius 1 is 0.921 bits per heavy atom. The molecule has 7 heteroatoms. The molecule has 5 rings (SSSR count). The third-order valence-electron chi connectivity index (χ3n) is 5.90. The Hall–Kier alpha value is -3.62. The molecule has 190 valence electrons. The second kappa shape index (κ2) is 11.8. The van der Waals surface area contributed by atoms with Crippen molar-refractivity contribution in [3.63, 3.8) is 0 Å². The minimum absolute atomic E-state index is 0.193. The molecule has 1 heterocycles. The molecule has 4 aromatic rings. The van der Waals surface area contributed by atoms with Crippen LogP contribution in [0.5, 0.6) is 11.5 Å². The first-order chi connectivity index (χ1) is 18.5. The van der Waals surface area contributed by atoms with E-state index in [4.69, 9.17) is 26.2 Å². The Morgan fingerprint density at radius 3 is 2.32 bits per heavy atom. The summed E-state index contributed by atoms with van der Waals surface area (Å²) in [6.07, 6.45) is 1.86. The van der Waals surface area contributed by atoms with E-state index in [1.807, 2.05) is 110 Å². The molecule has 0 bridgehead atoms. The van der Waals surface area contributed by atoms with E-state index in [0.29, 0.717) is 46.7 Å². The van der Waals surface area contributed by atoms with Crippen LogP contribution in [0.3, 0.4) is 0 Å². The number of nitrogens with zero attached hydrogens (tertiary/aromatic N) is 2. The van der Waals surface area contributed by atoms with E-state index in [1.165, 1.54) is 5.01 Å². The van der Waals surface area contributed by atoms with Crippen molar-refractivity contribution in [2.24, 2.45) is 5.10 Å². The number of halogens is 2. The number of rotatable bonds is 8. The van der Waals surface area contributed by atoms with Crippen LogP contribution < -0.4 is 14.5 Å². The monoisotopic (exact) mass is 634 g/mol. The van der Waals surface area contributed by atoms with Crippen LogP contribution in [0.25, 0.3) is 6.08 Å². The van der Waals surface area contributed by atoms with Crippen LogP contribution in [0, 0.1) is 3.57 Å². The molecule has 0 saturated carbocycles. The van der Waals surface area contributed by atoms with E-state index in [2.05, 4.69) is 22.6 Å². The maximum atomic E-state index is 13.6. The van der Waals surface area contributed by atoms with Gasteiger partial charge >= 0.3 is 0 Å². The second-order valence-corrected chi connectivity index (χ2v) is 10.0. The summed E-state index contributed by atoms with van der Waals surface area (Å²) in [6, 6.07) is 30.6. The molecule has 0 aromatic heterocycles. The Morgan fingerprint density at radius 2 is 1.61 bits per heavy atom. The summed E-state index contributed by atoms with van der Waals surface area (Å²) in [5, 5.41) is 6.82. The van der Waals surface area contributed by atoms with Crippen LogP contribution in [-0.4, -0.2) is 18.2 Å². The molecule has 0 fully saturated rings. The molecule has 38 heavy (non-hydrogen) atoms. The fourth-order valence-corrected chi connectivity index (χ4v) is 5.08. The van der Waals surface area contributed by atoms with Crippen LogP contribution in [0.15, 0.2) is 108 Å². The molecule has 1 amide bonds. The van der Waals surface area contributed by atoms with Crippen molar-refractivity contribution in [3.05, 3.63) is 128 Å². The standard InChI is InChI=1S/C31H24ClIN2O3/c1-2-37-28-19-21(18-27(33)30(28)38-20-23-13-9-10-16-26(23)32)17-25-29(22-11-5-3-6-12-22)34-35(31(25)36)24-14-7-4-8-15-24/h3-19H,2,20H2,1H3/b25-17-. The molecule has 0 N–H and O–H groups in total. The Balaban J connectivity index is 1.52. The number of para-hydroxylation sites is 1. The van der Waals surface area contributed by atoms with Crippen LogP contribution in [0.4, 0.5) is 5.69 Å². The van der Waals surface area contributed by atoms with Gasteiger partial charge in [0.2, 0.25) is 0 Å². The summed E-state index contributed by atoms with van der Waals surface area (Å²) >= 11 is 8.55. The SMILES string of the molecule is CCOc1cc(/C=C2\C(=O)N(c3ccccc3)N=C2c2ccccc2)cc(I)c1OCc1ccccc1Cl. The molecule has 0 unspecified atom stereocenters. The number of carbonyl (C=O) groups excluding carboxylic acids is 1. The average molecular weight is 635 g/mol. The van der Waals surface area contributed by atoms with Crippen molar-refractivity contribution >= 4 is 57.6 Å². The number of ether oxygens (including phenoxy) is 2. The zero-order valence-electron chi connectivity index (χ0n) is 20.6. The van der Waals surface area contributed by atoms with E-state index in [9.17, 15) is 4.79 Å². The minimum atomic E-state index is -0.193. The van der Waals surface area contributed by atoms with Crippen molar-refractivity contribution < 1.29 is 14.3 Å². The van der Waals surface area contributed by atoms with Crippen LogP contribution in [0.1, 0.15) is 23.6 Å². The maximum absolute atomic E-state index is 13.6. The van der Waals surface area contributed by atoms with E-state index < -0.39 is 0 Å². The highest BCUT2D eigenvalue weighted by molar-refractivity contribution is 14.1. The molecule has 0 saturated heterocycles. The first kappa shape index (κ1) is 26.0. The van der Waals surface area contributed by atoms with Crippen LogP contribution in [0.2, 0.25) is 5.02 Å². The third kappa shape index (κ3) is 5.61. The Kier molecular flexibility index (Phi) is 8.10. The average Bonchev–Trinajstić information content (AvgIpc) is 3.26. The fourth-order valence-electron chi connectivity index (χ4n) is 4.10. The summed E-state index contributed by atoms with van der Waals surface area (Å²) < 4.78 is 13.0. The molecular weight excluding hydrogens is 611 g/mol. The molecule has 1 aliphatic rings. The maximum Gasteiger partial charge on any atom is 0.281 e. The van der Waals surface area contributed by atoms with Gasteiger partial charge in [0.25, 0.3) is 5.91 Å². The van der Waals surface area contributed by atoms with Crippen molar-refractivity contribution in [2.75, 3.05) is 11.6 Å². The Bertz CT molecular complexity index is 1520. The van der Waals surface area contributed by atoms with E-state index in [0.717, 1.165) is 20.3 Å². The molecule has 0 atom stereocenters. The summed E-state index contributed by atoms with van der Waals surface area (Å²) in [7, 11) is 0. The number of anilines is 1. The van der Waals surface area contributed by atoms with Gasteiger partial charge in [0.1, 0.15) is 12.3 Å². The quantitative estimate of drug-likeness (QED) is 0.147. The lowest BCUT2D eigenvalue weighted by atomic mass is 10.00. The van der Waals surface area contributed by atoms with Gasteiger partial charge in [0, 0.05) is 16.1 Å². The van der Waals surface area contributed by atoms with Gasteiger partial charge in [-0.05, 0) is 71.5 Å². The summed E-state index contributed by atoms with van der Waals surface area (Å²) in [5.74, 6) is 1.04. The van der Waals surface area contributed by atoms with Gasteiger partial charge in [-0.2, -0.15) is 10.1 Å². The van der Waals surface area contributed by atoms with Crippen molar-refractivity contribution in [3.8, 4) is 11.5 Å². The molecule has 4 aromatic carbocycles. The molecule has 1 aliphatic heterocycles. The first-order valence-corrected chi connectivity index (χ1v) is 13.6. The summed E-state index contributed by atoms with van der Waals surface area (Å²) in [4.78, 5) is 13.6. The third-order valence-corrected chi connectivity index (χ3v) is 7.07. The first-order valence-electron chi connectivity index (χ1n) is 12.1. The van der Waals surface area contributed by atoms with Crippen molar-refractivity contribution in [1.29, 1.82) is 0 Å². The molecule has 5 nitrogen and oxygen atoms in total. The summed E-state index contributed by atoms with van der Waals surface area (Å²) in [6.45, 7) is 2.70. The number of hydrazone groups is 1. The van der Waals surface area contributed by atoms with Crippen LogP contribution >= 0.6 is 34.2 Å². The number of hydrogen-bond donors (Lipinski definition) is 0. The van der Waals surface area contributed by atoms with Gasteiger partial charge in [-0.15, -0.1) is 0 Å². The predicted molar refractivity (Wildman–Crippen MR) is 161 cm³/mol. The lowest BCUT2D eigenvalue weighted by molar-refractivity contribution is -0.114. The normalized spacial score (nSPS) is 14.1. The highest BCUT2D eigenvalue weighted by Gasteiger charge is 2.32. The number of amides is 1. The molecule has 0 radical (unpaired) electrons. The van der Waals surface area contributed by atoms with Gasteiger partial charge in [-0.1, -0.05) is 78.3 Å². The van der Waals surface area contributed by atoms with Gasteiger partial charge in [-0.25, -0.2) is 0 Å². The fraction of sp³-hybridized carbons (Fsp3) is 0.0968. The molecule has 0 spiro atoms. The number of hydrogen-bond acceptors (Lipinski definition) is 4. The Labute approximate surface area is 240 Å². The lowest BCUT2D eigenvalue weighted by Crippen LogP contribution is -2.21. The van der Waals surface area contributed by atoms with Gasteiger partial charge in [0.05, 0.1) is 21.4 Å². The van der Waals surface area contributed by atoms with Crippen LogP contribution in [-0.2, 0) is 11.4 Å². The zero-order chi connectivity index (χ0) is 26.5. The largest absolute Gasteiger partial charge is 0.490 e. The van der Waals surface area contributed by atoms with E-state index in [-0.39, 0.29) is 5.91 Å². The minimum Gasteiger partial charge on any atom is -0.490 e. The van der Waals surface area contributed by atoms with Gasteiger partial charge < -0.3 is 9.47 Å². The smallest absolute Gasteiger partial charge is 0.281 e. The highest BCUT2D eigenvalue weighted by atomic mass is 127. The zero-order valence-corrected chi connectivity index (χ0v) is 23.5. The van der Waals surface area contributed by atoms with E-state index >= 15 is 0 Å². The highest BCUT2D eigenvalue weighted by Crippen LogP contribution is 2.37. The molecule has 0 aliphatic carbocycles. The molecular formula is C31H24ClIN2O3. The van der Waals surface area contributed by atoms with Gasteiger partial charge in [-0.3, -0.25) is 4.79 Å². The summed E-state index contributed by atoms with van der Waals surface area (Å²) in [5.41, 5.74) is 4.39. The second-order valence-electron chi connectivity index (χ2n) is 8.47. The topological polar surface area (TPSA) is 51.1 Å². The number of benzene rings is 4.